The number of urea groups is 1. The molecule has 2 aliphatic heterocycles. The number of hydrogen-bond acceptors (Lipinski definition) is 4. The number of nitrogens with zero attached hydrogens (tertiary/aromatic N) is 2. The Morgan fingerprint density at radius 1 is 1.16 bits per heavy atom. The zero-order chi connectivity index (χ0) is 22.2. The van der Waals surface area contributed by atoms with Crippen LogP contribution in [0.5, 0.6) is 0 Å². The van der Waals surface area contributed by atoms with Crippen molar-refractivity contribution in [3.63, 3.8) is 0 Å². The Labute approximate surface area is 184 Å². The van der Waals surface area contributed by atoms with Crippen LogP contribution in [0.1, 0.15) is 51.2 Å². The van der Waals surface area contributed by atoms with Crippen molar-refractivity contribution in [2.75, 3.05) is 19.8 Å². The molecule has 0 radical (unpaired) electrons. The minimum atomic E-state index is -0.809. The molecule has 168 valence electrons. The quantitative estimate of drug-likeness (QED) is 0.708. The van der Waals surface area contributed by atoms with Crippen molar-refractivity contribution in [2.45, 2.75) is 64.5 Å². The van der Waals surface area contributed by atoms with Gasteiger partial charge in [0, 0.05) is 31.5 Å². The predicted octanol–water partition coefficient (Wildman–Crippen LogP) is 2.30. The number of aryl methyl sites for hydroxylation is 1. The molecule has 0 saturated carbocycles. The van der Waals surface area contributed by atoms with Gasteiger partial charge in [-0.25, -0.2) is 9.69 Å². The van der Waals surface area contributed by atoms with Gasteiger partial charge in [-0.2, -0.15) is 0 Å². The van der Waals surface area contributed by atoms with E-state index < -0.39 is 5.54 Å². The lowest BCUT2D eigenvalue weighted by Crippen LogP contribution is -2.52. The number of amides is 4. The standard InChI is InChI=1S/C24H34N4O3/c1-16(2)17(3)25-21(29)19-9-12-27(13-10-19)15-28-22(30)24(26-23(28)31)11-8-18-6-4-5-7-20(18)14-24/h4-7,16-17,19H,8-15H2,1-3H3,(H,25,29)(H,26,31). The monoisotopic (exact) mass is 426 g/mol. The van der Waals surface area contributed by atoms with E-state index in [9.17, 15) is 14.4 Å². The topological polar surface area (TPSA) is 81.8 Å². The Balaban J connectivity index is 1.33. The van der Waals surface area contributed by atoms with Crippen molar-refractivity contribution in [1.82, 2.24) is 20.4 Å². The molecule has 2 atom stereocenters. The summed E-state index contributed by atoms with van der Waals surface area (Å²) in [5.74, 6) is 0.415. The van der Waals surface area contributed by atoms with E-state index in [4.69, 9.17) is 0 Å². The third-order valence-electron chi connectivity index (χ3n) is 7.35. The molecule has 7 heteroatoms. The van der Waals surface area contributed by atoms with Crippen LogP contribution in [0.25, 0.3) is 0 Å². The Morgan fingerprint density at radius 2 is 1.84 bits per heavy atom. The van der Waals surface area contributed by atoms with Crippen molar-refractivity contribution >= 4 is 17.8 Å². The van der Waals surface area contributed by atoms with E-state index in [1.807, 2.05) is 25.1 Å². The number of carbonyl (C=O) groups is 3. The van der Waals surface area contributed by atoms with E-state index in [0.29, 0.717) is 38.5 Å². The molecule has 2 unspecified atom stereocenters. The number of rotatable bonds is 5. The molecule has 2 heterocycles. The fourth-order valence-electron chi connectivity index (χ4n) is 4.87. The van der Waals surface area contributed by atoms with Gasteiger partial charge in [-0.05, 0) is 49.7 Å². The van der Waals surface area contributed by atoms with Crippen LogP contribution in [0.15, 0.2) is 24.3 Å². The van der Waals surface area contributed by atoms with Gasteiger partial charge in [0.25, 0.3) is 5.91 Å². The van der Waals surface area contributed by atoms with E-state index >= 15 is 0 Å². The molecular formula is C24H34N4O3. The second-order valence-corrected chi connectivity index (χ2v) is 9.77. The third-order valence-corrected chi connectivity index (χ3v) is 7.35. The van der Waals surface area contributed by atoms with Crippen LogP contribution < -0.4 is 10.6 Å². The smallest absolute Gasteiger partial charge is 0.326 e. The molecule has 2 saturated heterocycles. The van der Waals surface area contributed by atoms with Gasteiger partial charge in [0.1, 0.15) is 5.54 Å². The molecule has 7 nitrogen and oxygen atoms in total. The Bertz CT molecular complexity index is 862. The lowest BCUT2D eigenvalue weighted by atomic mass is 9.78. The number of nitrogens with one attached hydrogen (secondary N) is 2. The zero-order valence-electron chi connectivity index (χ0n) is 18.8. The Morgan fingerprint density at radius 3 is 2.52 bits per heavy atom. The normalized spacial score (nSPS) is 25.6. The average molecular weight is 427 g/mol. The molecule has 1 aromatic carbocycles. The fraction of sp³-hybridized carbons (Fsp3) is 0.625. The minimum Gasteiger partial charge on any atom is -0.353 e. The summed E-state index contributed by atoms with van der Waals surface area (Å²) in [7, 11) is 0. The summed E-state index contributed by atoms with van der Waals surface area (Å²) in [5.41, 5.74) is 1.60. The first-order valence-corrected chi connectivity index (χ1v) is 11.5. The Hall–Kier alpha value is -2.41. The van der Waals surface area contributed by atoms with Gasteiger partial charge in [-0.15, -0.1) is 0 Å². The van der Waals surface area contributed by atoms with Gasteiger partial charge in [0.05, 0.1) is 6.67 Å². The summed E-state index contributed by atoms with van der Waals surface area (Å²) in [5, 5.41) is 6.12. The highest BCUT2D eigenvalue weighted by molar-refractivity contribution is 6.07. The number of benzene rings is 1. The first-order valence-electron chi connectivity index (χ1n) is 11.5. The number of likely N-dealkylation sites (tertiary alicyclic amines) is 1. The van der Waals surface area contributed by atoms with Crippen LogP contribution in [-0.4, -0.2) is 59.0 Å². The van der Waals surface area contributed by atoms with Crippen LogP contribution in [-0.2, 0) is 22.4 Å². The number of imide groups is 1. The molecule has 1 aliphatic carbocycles. The van der Waals surface area contributed by atoms with Gasteiger partial charge >= 0.3 is 6.03 Å². The fourth-order valence-corrected chi connectivity index (χ4v) is 4.87. The van der Waals surface area contributed by atoms with Crippen molar-refractivity contribution < 1.29 is 14.4 Å². The number of fused-ring (bicyclic) bond motifs is 1. The van der Waals surface area contributed by atoms with Crippen molar-refractivity contribution in [3.05, 3.63) is 35.4 Å². The largest absolute Gasteiger partial charge is 0.353 e. The highest BCUT2D eigenvalue weighted by atomic mass is 16.2. The van der Waals surface area contributed by atoms with E-state index in [1.165, 1.54) is 10.5 Å². The lowest BCUT2D eigenvalue weighted by molar-refractivity contribution is -0.134. The van der Waals surface area contributed by atoms with Gasteiger partial charge in [0.15, 0.2) is 0 Å². The summed E-state index contributed by atoms with van der Waals surface area (Å²) in [6.45, 7) is 7.95. The molecule has 31 heavy (non-hydrogen) atoms. The zero-order valence-corrected chi connectivity index (χ0v) is 18.8. The highest BCUT2D eigenvalue weighted by Crippen LogP contribution is 2.34. The minimum absolute atomic E-state index is 0.00162. The summed E-state index contributed by atoms with van der Waals surface area (Å²) in [6.07, 6.45) is 3.49. The van der Waals surface area contributed by atoms with Gasteiger partial charge < -0.3 is 10.6 Å². The molecule has 4 amide bonds. The van der Waals surface area contributed by atoms with E-state index in [-0.39, 0.29) is 29.8 Å². The van der Waals surface area contributed by atoms with Crippen LogP contribution in [0.4, 0.5) is 4.79 Å². The van der Waals surface area contributed by atoms with Crippen LogP contribution in [0.3, 0.4) is 0 Å². The molecule has 3 aliphatic rings. The molecule has 2 N–H and O–H groups in total. The van der Waals surface area contributed by atoms with E-state index in [0.717, 1.165) is 24.8 Å². The molecule has 0 aromatic heterocycles. The summed E-state index contributed by atoms with van der Waals surface area (Å²) < 4.78 is 0. The van der Waals surface area contributed by atoms with E-state index in [2.05, 4.69) is 35.4 Å². The van der Waals surface area contributed by atoms with Crippen LogP contribution >= 0.6 is 0 Å². The van der Waals surface area contributed by atoms with Gasteiger partial charge in [0.2, 0.25) is 5.91 Å². The second kappa shape index (κ2) is 8.61. The molecule has 4 rings (SSSR count). The summed E-state index contributed by atoms with van der Waals surface area (Å²) in [6, 6.07) is 8.02. The first-order chi connectivity index (χ1) is 14.8. The maximum absolute atomic E-state index is 13.3. The lowest BCUT2D eigenvalue weighted by Gasteiger charge is -2.35. The van der Waals surface area contributed by atoms with Crippen LogP contribution in [0, 0.1) is 11.8 Å². The van der Waals surface area contributed by atoms with Crippen molar-refractivity contribution in [3.8, 4) is 0 Å². The molecule has 0 bridgehead atoms. The highest BCUT2D eigenvalue weighted by Gasteiger charge is 2.52. The molecular weight excluding hydrogens is 392 g/mol. The van der Waals surface area contributed by atoms with Crippen molar-refractivity contribution in [2.24, 2.45) is 11.8 Å². The summed E-state index contributed by atoms with van der Waals surface area (Å²) >= 11 is 0. The summed E-state index contributed by atoms with van der Waals surface area (Å²) in [4.78, 5) is 42.0. The SMILES string of the molecule is CC(C)C(C)NC(=O)C1CCN(CN2C(=O)NC3(CCc4ccccc4C3)C2=O)CC1. The number of piperidine rings is 1. The first kappa shape index (κ1) is 21.8. The predicted molar refractivity (Wildman–Crippen MR) is 118 cm³/mol. The molecule has 2 fully saturated rings. The van der Waals surface area contributed by atoms with Crippen molar-refractivity contribution in [1.29, 1.82) is 0 Å². The Kier molecular flexibility index (Phi) is 6.06. The maximum atomic E-state index is 13.3. The van der Waals surface area contributed by atoms with Crippen LogP contribution in [0.2, 0.25) is 0 Å². The van der Waals surface area contributed by atoms with Gasteiger partial charge in [-0.1, -0.05) is 38.1 Å². The second-order valence-electron chi connectivity index (χ2n) is 9.77. The molecule has 1 aromatic rings. The maximum Gasteiger partial charge on any atom is 0.326 e. The van der Waals surface area contributed by atoms with Gasteiger partial charge in [-0.3, -0.25) is 14.5 Å². The number of carbonyl (C=O) groups excluding carboxylic acids is 3. The average Bonchev–Trinajstić information content (AvgIpc) is 2.97. The third kappa shape index (κ3) is 4.33. The molecule has 1 spiro atoms. The number of hydrogen-bond donors (Lipinski definition) is 2. The van der Waals surface area contributed by atoms with E-state index in [1.54, 1.807) is 0 Å².